The molecule has 2 aliphatic rings. The van der Waals surface area contributed by atoms with Crippen LogP contribution in [0.25, 0.3) is 0 Å². The first kappa shape index (κ1) is 15.7. The van der Waals surface area contributed by atoms with Crippen molar-refractivity contribution in [2.75, 3.05) is 39.5 Å². The maximum atomic E-state index is 12.5. The SMILES string of the molecule is CCOCCO[C@H]1CCN(C(=O)[C@H]2CCN[C@@H](C)C2)C1. The first-order chi connectivity index (χ1) is 9.70. The predicted octanol–water partition coefficient (Wildman–Crippen LogP) is 1.03. The molecule has 0 saturated carbocycles. The Morgan fingerprint density at radius 3 is 2.95 bits per heavy atom. The average molecular weight is 284 g/mol. The van der Waals surface area contributed by atoms with Gasteiger partial charge in [-0.25, -0.2) is 0 Å². The number of amides is 1. The van der Waals surface area contributed by atoms with E-state index in [1.807, 2.05) is 11.8 Å². The van der Waals surface area contributed by atoms with E-state index in [4.69, 9.17) is 9.47 Å². The summed E-state index contributed by atoms with van der Waals surface area (Å²) in [7, 11) is 0. The number of piperidine rings is 1. The van der Waals surface area contributed by atoms with E-state index in [1.54, 1.807) is 0 Å². The van der Waals surface area contributed by atoms with E-state index in [-0.39, 0.29) is 12.0 Å². The van der Waals surface area contributed by atoms with E-state index < -0.39 is 0 Å². The highest BCUT2D eigenvalue weighted by molar-refractivity contribution is 5.79. The van der Waals surface area contributed by atoms with Crippen LogP contribution in [0, 0.1) is 5.92 Å². The van der Waals surface area contributed by atoms with Crippen molar-refractivity contribution in [1.82, 2.24) is 10.2 Å². The standard InChI is InChI=1S/C15H28N2O3/c1-3-19-8-9-20-14-5-7-17(11-14)15(18)13-4-6-16-12(2)10-13/h12-14,16H,3-11H2,1-2H3/t12-,13-,14-/m0/s1. The molecule has 0 radical (unpaired) electrons. The Labute approximate surface area is 122 Å². The summed E-state index contributed by atoms with van der Waals surface area (Å²) in [5.74, 6) is 0.530. The van der Waals surface area contributed by atoms with Gasteiger partial charge in [-0.05, 0) is 39.7 Å². The van der Waals surface area contributed by atoms with Crippen LogP contribution >= 0.6 is 0 Å². The molecule has 2 saturated heterocycles. The second-order valence-corrected chi connectivity index (χ2v) is 5.84. The first-order valence-corrected chi connectivity index (χ1v) is 7.92. The molecule has 0 unspecified atom stereocenters. The van der Waals surface area contributed by atoms with Crippen molar-refractivity contribution >= 4 is 5.91 Å². The molecule has 1 amide bonds. The third-order valence-corrected chi connectivity index (χ3v) is 4.21. The van der Waals surface area contributed by atoms with Crippen molar-refractivity contribution in [2.24, 2.45) is 5.92 Å². The molecule has 2 aliphatic heterocycles. The quantitative estimate of drug-likeness (QED) is 0.740. The van der Waals surface area contributed by atoms with Crippen LogP contribution in [0.5, 0.6) is 0 Å². The molecule has 0 aromatic heterocycles. The number of nitrogens with zero attached hydrogens (tertiary/aromatic N) is 1. The minimum Gasteiger partial charge on any atom is -0.379 e. The molecule has 2 fully saturated rings. The third-order valence-electron chi connectivity index (χ3n) is 4.21. The smallest absolute Gasteiger partial charge is 0.225 e. The molecule has 5 heteroatoms. The molecule has 20 heavy (non-hydrogen) atoms. The van der Waals surface area contributed by atoms with Crippen molar-refractivity contribution in [1.29, 1.82) is 0 Å². The number of nitrogens with one attached hydrogen (secondary N) is 1. The van der Waals surface area contributed by atoms with Gasteiger partial charge in [0.15, 0.2) is 0 Å². The Hall–Kier alpha value is -0.650. The van der Waals surface area contributed by atoms with Gasteiger partial charge in [0.05, 0.1) is 19.3 Å². The van der Waals surface area contributed by atoms with Crippen LogP contribution in [0.3, 0.4) is 0 Å². The maximum Gasteiger partial charge on any atom is 0.225 e. The number of rotatable bonds is 6. The number of likely N-dealkylation sites (tertiary alicyclic amines) is 1. The molecule has 116 valence electrons. The highest BCUT2D eigenvalue weighted by Gasteiger charge is 2.33. The highest BCUT2D eigenvalue weighted by atomic mass is 16.5. The lowest BCUT2D eigenvalue weighted by molar-refractivity contribution is -0.136. The second kappa shape index (κ2) is 7.96. The number of carbonyl (C=O) groups excluding carboxylic acids is 1. The molecular weight excluding hydrogens is 256 g/mol. The van der Waals surface area contributed by atoms with Crippen molar-refractivity contribution in [2.45, 2.75) is 45.3 Å². The van der Waals surface area contributed by atoms with Gasteiger partial charge in [0.1, 0.15) is 0 Å². The molecule has 0 spiro atoms. The number of carbonyl (C=O) groups is 1. The first-order valence-electron chi connectivity index (χ1n) is 7.92. The number of hydrogen-bond acceptors (Lipinski definition) is 4. The fourth-order valence-corrected chi connectivity index (χ4v) is 3.10. The zero-order chi connectivity index (χ0) is 14.4. The van der Waals surface area contributed by atoms with Gasteiger partial charge in [-0.3, -0.25) is 4.79 Å². The van der Waals surface area contributed by atoms with Gasteiger partial charge in [0, 0.05) is 31.7 Å². The van der Waals surface area contributed by atoms with Gasteiger partial charge in [-0.2, -0.15) is 0 Å². The van der Waals surface area contributed by atoms with Crippen molar-refractivity contribution in [3.8, 4) is 0 Å². The molecule has 0 aromatic carbocycles. The zero-order valence-corrected chi connectivity index (χ0v) is 12.8. The van der Waals surface area contributed by atoms with Crippen LogP contribution in [0.4, 0.5) is 0 Å². The van der Waals surface area contributed by atoms with E-state index in [9.17, 15) is 4.79 Å². The maximum absolute atomic E-state index is 12.5. The van der Waals surface area contributed by atoms with E-state index >= 15 is 0 Å². The molecular formula is C15H28N2O3. The lowest BCUT2D eigenvalue weighted by atomic mass is 9.92. The van der Waals surface area contributed by atoms with Gasteiger partial charge >= 0.3 is 0 Å². The summed E-state index contributed by atoms with van der Waals surface area (Å²) in [4.78, 5) is 14.5. The van der Waals surface area contributed by atoms with Crippen LogP contribution in [0.15, 0.2) is 0 Å². The minimum absolute atomic E-state index is 0.193. The summed E-state index contributed by atoms with van der Waals surface area (Å²) in [6, 6.07) is 0.457. The molecule has 0 bridgehead atoms. The van der Waals surface area contributed by atoms with Crippen molar-refractivity contribution in [3.63, 3.8) is 0 Å². The van der Waals surface area contributed by atoms with E-state index in [2.05, 4.69) is 12.2 Å². The third kappa shape index (κ3) is 4.43. The molecule has 0 aromatic rings. The molecule has 2 rings (SSSR count). The Kier molecular flexibility index (Phi) is 6.26. The van der Waals surface area contributed by atoms with Gasteiger partial charge < -0.3 is 19.7 Å². The summed E-state index contributed by atoms with van der Waals surface area (Å²) in [6.07, 6.45) is 3.08. The lowest BCUT2D eigenvalue weighted by Crippen LogP contribution is -2.43. The lowest BCUT2D eigenvalue weighted by Gasteiger charge is -2.30. The Bertz CT molecular complexity index is 311. The summed E-state index contributed by atoms with van der Waals surface area (Å²) in [6.45, 7) is 8.70. The number of ether oxygens (including phenoxy) is 2. The monoisotopic (exact) mass is 284 g/mol. The highest BCUT2D eigenvalue weighted by Crippen LogP contribution is 2.22. The van der Waals surface area contributed by atoms with Gasteiger partial charge in [-0.1, -0.05) is 0 Å². The Morgan fingerprint density at radius 1 is 1.35 bits per heavy atom. The molecule has 5 nitrogen and oxygen atoms in total. The van der Waals surface area contributed by atoms with E-state index in [0.29, 0.717) is 25.2 Å². The molecule has 0 aliphatic carbocycles. The van der Waals surface area contributed by atoms with Gasteiger partial charge in [0.2, 0.25) is 5.91 Å². The van der Waals surface area contributed by atoms with Crippen molar-refractivity contribution < 1.29 is 14.3 Å². The topological polar surface area (TPSA) is 50.8 Å². The summed E-state index contributed by atoms with van der Waals surface area (Å²) in [5, 5.41) is 3.40. The average Bonchev–Trinajstić information content (AvgIpc) is 2.91. The Morgan fingerprint density at radius 2 is 2.20 bits per heavy atom. The second-order valence-electron chi connectivity index (χ2n) is 5.84. The predicted molar refractivity (Wildman–Crippen MR) is 77.6 cm³/mol. The van der Waals surface area contributed by atoms with Gasteiger partial charge in [-0.15, -0.1) is 0 Å². The summed E-state index contributed by atoms with van der Waals surface area (Å²) in [5.41, 5.74) is 0. The van der Waals surface area contributed by atoms with Crippen molar-refractivity contribution in [3.05, 3.63) is 0 Å². The van der Waals surface area contributed by atoms with Crippen LogP contribution in [-0.2, 0) is 14.3 Å². The van der Waals surface area contributed by atoms with Crippen LogP contribution in [-0.4, -0.2) is 62.4 Å². The fourth-order valence-electron chi connectivity index (χ4n) is 3.10. The van der Waals surface area contributed by atoms with Crippen LogP contribution < -0.4 is 5.32 Å². The normalized spacial score (nSPS) is 30.7. The molecule has 1 N–H and O–H groups in total. The number of hydrogen-bond donors (Lipinski definition) is 1. The summed E-state index contributed by atoms with van der Waals surface area (Å²) >= 11 is 0. The van der Waals surface area contributed by atoms with Gasteiger partial charge in [0.25, 0.3) is 0 Å². The van der Waals surface area contributed by atoms with E-state index in [0.717, 1.165) is 45.5 Å². The summed E-state index contributed by atoms with van der Waals surface area (Å²) < 4.78 is 11.0. The largest absolute Gasteiger partial charge is 0.379 e. The molecule has 2 heterocycles. The Balaban J connectivity index is 1.70. The fraction of sp³-hybridized carbons (Fsp3) is 0.933. The van der Waals surface area contributed by atoms with Crippen LogP contribution in [0.1, 0.15) is 33.1 Å². The minimum atomic E-state index is 0.193. The van der Waals surface area contributed by atoms with E-state index in [1.165, 1.54) is 0 Å². The molecule has 3 atom stereocenters. The van der Waals surface area contributed by atoms with Crippen LogP contribution in [0.2, 0.25) is 0 Å². The zero-order valence-electron chi connectivity index (χ0n) is 12.8.